The van der Waals surface area contributed by atoms with Crippen molar-refractivity contribution in [3.05, 3.63) is 72.3 Å². The lowest BCUT2D eigenvalue weighted by Gasteiger charge is -2.35. The van der Waals surface area contributed by atoms with Gasteiger partial charge >= 0.3 is 0 Å². The monoisotopic (exact) mass is 361 g/mol. The summed E-state index contributed by atoms with van der Waals surface area (Å²) in [5.41, 5.74) is 2.01. The molecule has 1 aliphatic heterocycles. The van der Waals surface area contributed by atoms with Gasteiger partial charge in [-0.05, 0) is 36.2 Å². The predicted octanol–water partition coefficient (Wildman–Crippen LogP) is 2.79. The SMILES string of the molecule is CCc1ccc(C(=O)N2CCN(c3cc(-n4cccc4)ncn3)CC2)cc1. The number of aromatic nitrogens is 3. The van der Waals surface area contributed by atoms with Crippen molar-refractivity contribution < 1.29 is 4.79 Å². The number of aryl methyl sites for hydroxylation is 1. The van der Waals surface area contributed by atoms with Crippen molar-refractivity contribution in [2.75, 3.05) is 31.1 Å². The molecule has 2 aromatic heterocycles. The Bertz CT molecular complexity index is 897. The van der Waals surface area contributed by atoms with Gasteiger partial charge in [-0.2, -0.15) is 0 Å². The first kappa shape index (κ1) is 17.3. The maximum Gasteiger partial charge on any atom is 0.253 e. The van der Waals surface area contributed by atoms with Crippen molar-refractivity contribution in [1.82, 2.24) is 19.4 Å². The van der Waals surface area contributed by atoms with Crippen molar-refractivity contribution in [3.8, 4) is 5.82 Å². The maximum atomic E-state index is 12.7. The Morgan fingerprint density at radius 1 is 0.963 bits per heavy atom. The smallest absolute Gasteiger partial charge is 0.253 e. The van der Waals surface area contributed by atoms with E-state index in [1.807, 2.05) is 64.3 Å². The van der Waals surface area contributed by atoms with Crippen LogP contribution in [0.1, 0.15) is 22.8 Å². The molecule has 1 saturated heterocycles. The highest BCUT2D eigenvalue weighted by atomic mass is 16.2. The molecule has 0 unspecified atom stereocenters. The van der Waals surface area contributed by atoms with Gasteiger partial charge in [-0.3, -0.25) is 4.79 Å². The van der Waals surface area contributed by atoms with Crippen LogP contribution in [0.5, 0.6) is 0 Å². The van der Waals surface area contributed by atoms with Crippen molar-refractivity contribution >= 4 is 11.7 Å². The Labute approximate surface area is 159 Å². The van der Waals surface area contributed by atoms with Gasteiger partial charge in [0.1, 0.15) is 18.0 Å². The topological polar surface area (TPSA) is 54.3 Å². The number of hydrogen-bond donors (Lipinski definition) is 0. The second-order valence-corrected chi connectivity index (χ2v) is 6.65. The fourth-order valence-corrected chi connectivity index (χ4v) is 3.34. The van der Waals surface area contributed by atoms with Crippen LogP contribution in [0.4, 0.5) is 5.82 Å². The summed E-state index contributed by atoms with van der Waals surface area (Å²) in [5, 5.41) is 0. The second kappa shape index (κ2) is 7.61. The van der Waals surface area contributed by atoms with Crippen molar-refractivity contribution in [2.45, 2.75) is 13.3 Å². The van der Waals surface area contributed by atoms with E-state index in [0.717, 1.165) is 36.7 Å². The number of nitrogens with zero attached hydrogens (tertiary/aromatic N) is 5. The van der Waals surface area contributed by atoms with Gasteiger partial charge in [0.15, 0.2) is 0 Å². The number of piperazine rings is 1. The van der Waals surface area contributed by atoms with E-state index in [0.29, 0.717) is 13.1 Å². The first-order valence-corrected chi connectivity index (χ1v) is 9.33. The van der Waals surface area contributed by atoms with E-state index in [-0.39, 0.29) is 5.91 Å². The largest absolute Gasteiger partial charge is 0.353 e. The minimum absolute atomic E-state index is 0.105. The standard InChI is InChI=1S/C21H23N5O/c1-2-17-5-7-18(8-6-17)21(27)26-13-11-25(12-14-26)20-15-19(22-16-23-20)24-9-3-4-10-24/h3-10,15-16H,2,11-14H2,1H3. The zero-order valence-electron chi connectivity index (χ0n) is 15.5. The average molecular weight is 361 g/mol. The number of carbonyl (C=O) groups is 1. The lowest BCUT2D eigenvalue weighted by atomic mass is 10.1. The molecule has 0 atom stereocenters. The van der Waals surface area contributed by atoms with Crippen LogP contribution in [-0.2, 0) is 6.42 Å². The summed E-state index contributed by atoms with van der Waals surface area (Å²) < 4.78 is 1.96. The Balaban J connectivity index is 1.41. The summed E-state index contributed by atoms with van der Waals surface area (Å²) in [7, 11) is 0. The molecule has 0 N–H and O–H groups in total. The Hall–Kier alpha value is -3.15. The molecule has 1 aliphatic rings. The van der Waals surface area contributed by atoms with Crippen LogP contribution in [0.25, 0.3) is 5.82 Å². The predicted molar refractivity (Wildman–Crippen MR) is 105 cm³/mol. The zero-order chi connectivity index (χ0) is 18.6. The number of benzene rings is 1. The van der Waals surface area contributed by atoms with Crippen molar-refractivity contribution in [3.63, 3.8) is 0 Å². The third kappa shape index (κ3) is 3.69. The van der Waals surface area contributed by atoms with Crippen LogP contribution in [0.3, 0.4) is 0 Å². The second-order valence-electron chi connectivity index (χ2n) is 6.65. The van der Waals surface area contributed by atoms with Crippen LogP contribution in [0, 0.1) is 0 Å². The number of carbonyl (C=O) groups excluding carboxylic acids is 1. The molecule has 6 nitrogen and oxygen atoms in total. The Kier molecular flexibility index (Phi) is 4.87. The molecule has 3 heterocycles. The molecule has 138 valence electrons. The highest BCUT2D eigenvalue weighted by molar-refractivity contribution is 5.94. The highest BCUT2D eigenvalue weighted by Gasteiger charge is 2.23. The summed E-state index contributed by atoms with van der Waals surface area (Å²) in [4.78, 5) is 25.6. The molecule has 1 amide bonds. The molecule has 4 rings (SSSR count). The van der Waals surface area contributed by atoms with E-state index in [1.165, 1.54) is 5.56 Å². The van der Waals surface area contributed by atoms with E-state index >= 15 is 0 Å². The molecule has 3 aromatic rings. The number of amides is 1. The van der Waals surface area contributed by atoms with Crippen molar-refractivity contribution in [2.24, 2.45) is 0 Å². The minimum Gasteiger partial charge on any atom is -0.353 e. The van der Waals surface area contributed by atoms with Crippen LogP contribution in [0.15, 0.2) is 61.2 Å². The molecule has 6 heteroatoms. The molecule has 0 spiro atoms. The fourth-order valence-electron chi connectivity index (χ4n) is 3.34. The van der Waals surface area contributed by atoms with Gasteiger partial charge in [0.2, 0.25) is 0 Å². The molecular formula is C21H23N5O. The first-order chi connectivity index (χ1) is 13.2. The fraction of sp³-hybridized carbons (Fsp3) is 0.286. The maximum absolute atomic E-state index is 12.7. The van der Waals surface area contributed by atoms with Crippen molar-refractivity contribution in [1.29, 1.82) is 0 Å². The van der Waals surface area contributed by atoms with E-state index < -0.39 is 0 Å². The van der Waals surface area contributed by atoms with E-state index in [4.69, 9.17) is 0 Å². The van der Waals surface area contributed by atoms with Crippen LogP contribution in [-0.4, -0.2) is 51.5 Å². The molecule has 1 aromatic carbocycles. The summed E-state index contributed by atoms with van der Waals surface area (Å²) in [6.07, 6.45) is 6.51. The summed E-state index contributed by atoms with van der Waals surface area (Å²) in [6, 6.07) is 13.9. The van der Waals surface area contributed by atoms with Gasteiger partial charge in [-0.25, -0.2) is 9.97 Å². The number of anilines is 1. The molecule has 27 heavy (non-hydrogen) atoms. The van der Waals surface area contributed by atoms with Crippen LogP contribution >= 0.6 is 0 Å². The van der Waals surface area contributed by atoms with Gasteiger partial charge < -0.3 is 14.4 Å². The van der Waals surface area contributed by atoms with Gasteiger partial charge in [0.05, 0.1) is 0 Å². The normalized spacial score (nSPS) is 14.4. The summed E-state index contributed by atoms with van der Waals surface area (Å²) in [5.74, 6) is 1.85. The first-order valence-electron chi connectivity index (χ1n) is 9.33. The minimum atomic E-state index is 0.105. The number of rotatable bonds is 4. The molecule has 0 radical (unpaired) electrons. The zero-order valence-corrected chi connectivity index (χ0v) is 15.5. The average Bonchev–Trinajstić information content (AvgIpc) is 3.29. The summed E-state index contributed by atoms with van der Waals surface area (Å²) in [6.45, 7) is 5.03. The molecule has 1 fully saturated rings. The lowest BCUT2D eigenvalue weighted by Crippen LogP contribution is -2.49. The van der Waals surface area contributed by atoms with Gasteiger partial charge in [0, 0.05) is 50.2 Å². The number of hydrogen-bond acceptors (Lipinski definition) is 4. The van der Waals surface area contributed by atoms with E-state index in [9.17, 15) is 4.79 Å². The van der Waals surface area contributed by atoms with E-state index in [2.05, 4.69) is 21.8 Å². The van der Waals surface area contributed by atoms with E-state index in [1.54, 1.807) is 6.33 Å². The molecule has 0 bridgehead atoms. The van der Waals surface area contributed by atoms with Gasteiger partial charge in [0.25, 0.3) is 5.91 Å². The van der Waals surface area contributed by atoms with Gasteiger partial charge in [-0.1, -0.05) is 19.1 Å². The highest BCUT2D eigenvalue weighted by Crippen LogP contribution is 2.17. The Morgan fingerprint density at radius 3 is 2.30 bits per heavy atom. The third-order valence-corrected chi connectivity index (χ3v) is 5.01. The summed E-state index contributed by atoms with van der Waals surface area (Å²) >= 11 is 0. The molecular weight excluding hydrogens is 338 g/mol. The lowest BCUT2D eigenvalue weighted by molar-refractivity contribution is 0.0746. The Morgan fingerprint density at radius 2 is 1.63 bits per heavy atom. The van der Waals surface area contributed by atoms with Crippen LogP contribution < -0.4 is 4.90 Å². The van der Waals surface area contributed by atoms with Gasteiger partial charge in [-0.15, -0.1) is 0 Å². The molecule has 0 saturated carbocycles. The quantitative estimate of drug-likeness (QED) is 0.717. The third-order valence-electron chi connectivity index (χ3n) is 5.01. The molecule has 0 aliphatic carbocycles. The van der Waals surface area contributed by atoms with Crippen LogP contribution in [0.2, 0.25) is 0 Å².